The van der Waals surface area contributed by atoms with Gasteiger partial charge in [-0.3, -0.25) is 4.68 Å². The lowest BCUT2D eigenvalue weighted by Gasteiger charge is -2.24. The lowest BCUT2D eigenvalue weighted by atomic mass is 9.97. The molecule has 19 heavy (non-hydrogen) atoms. The minimum absolute atomic E-state index is 0.163. The SMILES string of the molecule is CCC(C#N)(CC)NS(=O)(=O)c1c(C)nn(C)c1C. The molecule has 0 atom stereocenters. The molecule has 0 aliphatic carbocycles. The van der Waals surface area contributed by atoms with Crippen LogP contribution in [0.1, 0.15) is 38.1 Å². The number of aryl methyl sites for hydroxylation is 2. The fourth-order valence-corrected chi connectivity index (χ4v) is 3.93. The van der Waals surface area contributed by atoms with Gasteiger partial charge < -0.3 is 0 Å². The maximum absolute atomic E-state index is 12.5. The Morgan fingerprint density at radius 3 is 2.21 bits per heavy atom. The summed E-state index contributed by atoms with van der Waals surface area (Å²) in [7, 11) is -2.06. The quantitative estimate of drug-likeness (QED) is 0.885. The van der Waals surface area contributed by atoms with Gasteiger partial charge in [-0.1, -0.05) is 13.8 Å². The van der Waals surface area contributed by atoms with Gasteiger partial charge in [-0.15, -0.1) is 0 Å². The van der Waals surface area contributed by atoms with Crippen LogP contribution in [0.4, 0.5) is 0 Å². The van der Waals surface area contributed by atoms with Gasteiger partial charge in [0.05, 0.1) is 17.5 Å². The Morgan fingerprint density at radius 1 is 1.37 bits per heavy atom. The molecule has 0 radical (unpaired) electrons. The van der Waals surface area contributed by atoms with Crippen molar-refractivity contribution in [2.75, 3.05) is 0 Å². The Labute approximate surface area is 114 Å². The van der Waals surface area contributed by atoms with E-state index in [2.05, 4.69) is 15.9 Å². The molecule has 0 bridgehead atoms. The van der Waals surface area contributed by atoms with Crippen LogP contribution < -0.4 is 4.72 Å². The van der Waals surface area contributed by atoms with Crippen LogP contribution in [0.3, 0.4) is 0 Å². The van der Waals surface area contributed by atoms with Crippen molar-refractivity contribution in [1.29, 1.82) is 5.26 Å². The Bertz CT molecular complexity index is 606. The summed E-state index contributed by atoms with van der Waals surface area (Å²) >= 11 is 0. The van der Waals surface area contributed by atoms with E-state index in [1.165, 1.54) is 4.68 Å². The van der Waals surface area contributed by atoms with Crippen LogP contribution >= 0.6 is 0 Å². The van der Waals surface area contributed by atoms with E-state index >= 15 is 0 Å². The van der Waals surface area contributed by atoms with Crippen LogP contribution in [0.2, 0.25) is 0 Å². The topological polar surface area (TPSA) is 87.8 Å². The van der Waals surface area contributed by atoms with E-state index in [9.17, 15) is 13.7 Å². The fraction of sp³-hybridized carbons (Fsp3) is 0.667. The molecule has 0 aliphatic heterocycles. The number of nitrogens with one attached hydrogen (secondary N) is 1. The highest BCUT2D eigenvalue weighted by molar-refractivity contribution is 7.89. The van der Waals surface area contributed by atoms with Crippen molar-refractivity contribution in [2.24, 2.45) is 7.05 Å². The molecule has 1 heterocycles. The first kappa shape index (κ1) is 15.7. The van der Waals surface area contributed by atoms with Crippen molar-refractivity contribution in [3.05, 3.63) is 11.4 Å². The van der Waals surface area contributed by atoms with E-state index in [1.807, 2.05) is 0 Å². The molecule has 0 amide bonds. The van der Waals surface area contributed by atoms with Crippen molar-refractivity contribution in [1.82, 2.24) is 14.5 Å². The van der Waals surface area contributed by atoms with E-state index in [0.717, 1.165) is 0 Å². The summed E-state index contributed by atoms with van der Waals surface area (Å²) in [6.45, 7) is 6.92. The zero-order valence-corrected chi connectivity index (χ0v) is 12.8. The van der Waals surface area contributed by atoms with E-state index in [0.29, 0.717) is 24.2 Å². The second-order valence-electron chi connectivity index (χ2n) is 4.63. The molecule has 0 spiro atoms. The number of nitriles is 1. The second-order valence-corrected chi connectivity index (χ2v) is 6.25. The molecule has 1 aromatic heterocycles. The van der Waals surface area contributed by atoms with Crippen LogP contribution in [0.5, 0.6) is 0 Å². The van der Waals surface area contributed by atoms with Gasteiger partial charge >= 0.3 is 0 Å². The summed E-state index contributed by atoms with van der Waals surface area (Å²) < 4.78 is 29.0. The Kier molecular flexibility index (Phi) is 4.38. The summed E-state index contributed by atoms with van der Waals surface area (Å²) in [6.07, 6.45) is 0.829. The highest BCUT2D eigenvalue weighted by Crippen LogP contribution is 2.23. The van der Waals surface area contributed by atoms with Crippen molar-refractivity contribution >= 4 is 10.0 Å². The third kappa shape index (κ3) is 2.80. The summed E-state index contributed by atoms with van der Waals surface area (Å²) in [5.74, 6) is 0. The molecule has 1 rings (SSSR count). The van der Waals surface area contributed by atoms with E-state index in [4.69, 9.17) is 0 Å². The maximum Gasteiger partial charge on any atom is 0.245 e. The monoisotopic (exact) mass is 284 g/mol. The molecule has 106 valence electrons. The van der Waals surface area contributed by atoms with Gasteiger partial charge in [0.25, 0.3) is 0 Å². The van der Waals surface area contributed by atoms with Crippen molar-refractivity contribution in [2.45, 2.75) is 51.0 Å². The van der Waals surface area contributed by atoms with Crippen LogP contribution in [0, 0.1) is 25.2 Å². The number of hydrogen-bond donors (Lipinski definition) is 1. The number of sulfonamides is 1. The van der Waals surface area contributed by atoms with E-state index in [-0.39, 0.29) is 4.90 Å². The van der Waals surface area contributed by atoms with Crippen LogP contribution in [-0.4, -0.2) is 23.7 Å². The number of nitrogens with zero attached hydrogens (tertiary/aromatic N) is 3. The first-order valence-electron chi connectivity index (χ1n) is 6.18. The summed E-state index contributed by atoms with van der Waals surface area (Å²) in [5, 5.41) is 13.3. The first-order chi connectivity index (χ1) is 8.73. The Balaban J connectivity index is 3.30. The summed E-state index contributed by atoms with van der Waals surface area (Å²) in [5.41, 5.74) is -0.0660. The standard InChI is InChI=1S/C12H20N4O2S/c1-6-12(7-2,8-13)15-19(17,18)11-9(3)14-16(5)10(11)4/h15H,6-7H2,1-5H3. The maximum atomic E-state index is 12.5. The van der Waals surface area contributed by atoms with Gasteiger partial charge in [-0.2, -0.15) is 15.1 Å². The van der Waals surface area contributed by atoms with Crippen molar-refractivity contribution in [3.63, 3.8) is 0 Å². The number of rotatable bonds is 5. The molecule has 0 saturated heterocycles. The molecule has 0 unspecified atom stereocenters. The smallest absolute Gasteiger partial charge is 0.245 e. The number of hydrogen-bond acceptors (Lipinski definition) is 4. The van der Waals surface area contributed by atoms with E-state index in [1.54, 1.807) is 34.7 Å². The van der Waals surface area contributed by atoms with Crippen molar-refractivity contribution < 1.29 is 8.42 Å². The molecule has 1 N–H and O–H groups in total. The molecular weight excluding hydrogens is 264 g/mol. The zero-order valence-electron chi connectivity index (χ0n) is 12.0. The summed E-state index contributed by atoms with van der Waals surface area (Å²) in [6, 6.07) is 2.07. The van der Waals surface area contributed by atoms with Crippen molar-refractivity contribution in [3.8, 4) is 6.07 Å². The second kappa shape index (κ2) is 5.31. The Morgan fingerprint density at radius 2 is 1.89 bits per heavy atom. The highest BCUT2D eigenvalue weighted by Gasteiger charge is 2.34. The van der Waals surface area contributed by atoms with Gasteiger partial charge in [0.15, 0.2) is 0 Å². The van der Waals surface area contributed by atoms with Gasteiger partial charge in [0, 0.05) is 7.05 Å². The molecule has 0 saturated carbocycles. The minimum Gasteiger partial charge on any atom is -0.271 e. The van der Waals surface area contributed by atoms with Gasteiger partial charge in [0.2, 0.25) is 10.0 Å². The summed E-state index contributed by atoms with van der Waals surface area (Å²) in [4.78, 5) is 0.163. The largest absolute Gasteiger partial charge is 0.271 e. The first-order valence-corrected chi connectivity index (χ1v) is 7.66. The average Bonchev–Trinajstić information content (AvgIpc) is 2.61. The molecule has 0 fully saturated rings. The minimum atomic E-state index is -3.75. The van der Waals surface area contributed by atoms with Gasteiger partial charge in [-0.05, 0) is 26.7 Å². The molecule has 7 heteroatoms. The predicted octanol–water partition coefficient (Wildman–Crippen LogP) is 1.40. The van der Waals surface area contributed by atoms with Gasteiger partial charge in [0.1, 0.15) is 10.4 Å². The molecular formula is C12H20N4O2S. The normalized spacial score (nSPS) is 12.4. The molecule has 1 aromatic rings. The fourth-order valence-electron chi connectivity index (χ4n) is 2.03. The highest BCUT2D eigenvalue weighted by atomic mass is 32.2. The Hall–Kier alpha value is -1.39. The van der Waals surface area contributed by atoms with Crippen LogP contribution in [0.25, 0.3) is 0 Å². The average molecular weight is 284 g/mol. The van der Waals surface area contributed by atoms with Crippen LogP contribution in [-0.2, 0) is 17.1 Å². The lowest BCUT2D eigenvalue weighted by molar-refractivity contribution is 0.446. The lowest BCUT2D eigenvalue weighted by Crippen LogP contribution is -2.46. The van der Waals surface area contributed by atoms with E-state index < -0.39 is 15.6 Å². The predicted molar refractivity (Wildman–Crippen MR) is 71.9 cm³/mol. The molecule has 6 nitrogen and oxygen atoms in total. The molecule has 0 aromatic carbocycles. The zero-order chi connectivity index (χ0) is 14.8. The van der Waals surface area contributed by atoms with Gasteiger partial charge in [-0.25, -0.2) is 8.42 Å². The molecule has 0 aliphatic rings. The van der Waals surface area contributed by atoms with Crippen LogP contribution in [0.15, 0.2) is 4.90 Å². The third-order valence-corrected chi connectivity index (χ3v) is 5.25. The third-order valence-electron chi connectivity index (χ3n) is 3.46. The number of aromatic nitrogens is 2.